The second-order valence-corrected chi connectivity index (χ2v) is 5.62. The van der Waals surface area contributed by atoms with Crippen molar-refractivity contribution in [2.24, 2.45) is 11.8 Å². The summed E-state index contributed by atoms with van der Waals surface area (Å²) in [5.74, 6) is -2.01. The van der Waals surface area contributed by atoms with E-state index in [1.807, 2.05) is 12.1 Å². The monoisotopic (exact) mass is 295 g/mol. The molecule has 1 amide bonds. The number of carboxylic acid groups (broad SMARTS) is 1. The van der Waals surface area contributed by atoms with Crippen molar-refractivity contribution in [2.75, 3.05) is 0 Å². The quantitative estimate of drug-likeness (QED) is 0.897. The SMILES string of the molecule is O=C(NCc1cccc(Cl)c1)[C@H]1CCCC[C@H]1C(=O)O. The van der Waals surface area contributed by atoms with Crippen molar-refractivity contribution in [3.63, 3.8) is 0 Å². The van der Waals surface area contributed by atoms with Gasteiger partial charge in [-0.05, 0) is 30.5 Å². The van der Waals surface area contributed by atoms with Gasteiger partial charge in [-0.3, -0.25) is 9.59 Å². The van der Waals surface area contributed by atoms with Gasteiger partial charge in [0.15, 0.2) is 0 Å². The van der Waals surface area contributed by atoms with Crippen LogP contribution in [-0.2, 0) is 16.1 Å². The van der Waals surface area contributed by atoms with E-state index < -0.39 is 17.8 Å². The lowest BCUT2D eigenvalue weighted by atomic mass is 9.78. The molecule has 0 aromatic heterocycles. The van der Waals surface area contributed by atoms with E-state index in [-0.39, 0.29) is 5.91 Å². The van der Waals surface area contributed by atoms with Crippen LogP contribution in [0.25, 0.3) is 0 Å². The zero-order valence-corrected chi connectivity index (χ0v) is 11.9. The molecule has 4 nitrogen and oxygen atoms in total. The Hall–Kier alpha value is -1.55. The summed E-state index contributed by atoms with van der Waals surface area (Å²) in [5.41, 5.74) is 0.911. The van der Waals surface area contributed by atoms with E-state index in [0.29, 0.717) is 24.4 Å². The molecule has 0 saturated heterocycles. The molecule has 2 atom stereocenters. The molecule has 0 unspecified atom stereocenters. The van der Waals surface area contributed by atoms with Crippen molar-refractivity contribution >= 4 is 23.5 Å². The second kappa shape index (κ2) is 6.75. The van der Waals surface area contributed by atoms with E-state index >= 15 is 0 Å². The Bertz CT molecular complexity index is 504. The van der Waals surface area contributed by atoms with Crippen LogP contribution < -0.4 is 5.32 Å². The zero-order valence-electron chi connectivity index (χ0n) is 11.1. The summed E-state index contributed by atoms with van der Waals surface area (Å²) in [6, 6.07) is 7.26. The number of hydrogen-bond acceptors (Lipinski definition) is 2. The highest BCUT2D eigenvalue weighted by Gasteiger charge is 2.35. The van der Waals surface area contributed by atoms with Crippen LogP contribution in [0.15, 0.2) is 24.3 Å². The first-order valence-corrected chi connectivity index (χ1v) is 7.20. The van der Waals surface area contributed by atoms with Crippen LogP contribution in [0.3, 0.4) is 0 Å². The minimum absolute atomic E-state index is 0.169. The highest BCUT2D eigenvalue weighted by molar-refractivity contribution is 6.30. The fourth-order valence-corrected chi connectivity index (χ4v) is 2.92. The molecule has 108 valence electrons. The Morgan fingerprint density at radius 3 is 2.60 bits per heavy atom. The first-order chi connectivity index (χ1) is 9.58. The normalized spacial score (nSPS) is 22.2. The van der Waals surface area contributed by atoms with Gasteiger partial charge in [-0.2, -0.15) is 0 Å². The van der Waals surface area contributed by atoms with Gasteiger partial charge in [-0.1, -0.05) is 36.6 Å². The molecule has 5 heteroatoms. The van der Waals surface area contributed by atoms with Crippen molar-refractivity contribution in [2.45, 2.75) is 32.2 Å². The van der Waals surface area contributed by atoms with Crippen LogP contribution in [0, 0.1) is 11.8 Å². The number of halogens is 1. The average Bonchev–Trinajstić information content (AvgIpc) is 2.45. The third-order valence-corrected chi connectivity index (χ3v) is 4.01. The predicted octanol–water partition coefficient (Wildman–Crippen LogP) is 2.85. The van der Waals surface area contributed by atoms with E-state index in [9.17, 15) is 14.7 Å². The Kier molecular flexibility index (Phi) is 5.01. The first kappa shape index (κ1) is 14.9. The zero-order chi connectivity index (χ0) is 14.5. The predicted molar refractivity (Wildman–Crippen MR) is 76.4 cm³/mol. The van der Waals surface area contributed by atoms with Crippen molar-refractivity contribution < 1.29 is 14.7 Å². The molecule has 2 N–H and O–H groups in total. The number of carboxylic acids is 1. The molecule has 20 heavy (non-hydrogen) atoms. The minimum Gasteiger partial charge on any atom is -0.481 e. The number of aliphatic carboxylic acids is 1. The molecule has 0 aliphatic heterocycles. The molecule has 1 fully saturated rings. The van der Waals surface area contributed by atoms with Crippen molar-refractivity contribution in [1.29, 1.82) is 0 Å². The largest absolute Gasteiger partial charge is 0.481 e. The molecule has 1 aliphatic carbocycles. The fourth-order valence-electron chi connectivity index (χ4n) is 2.71. The van der Waals surface area contributed by atoms with Gasteiger partial charge >= 0.3 is 5.97 Å². The summed E-state index contributed by atoms with van der Waals surface area (Å²) < 4.78 is 0. The number of carbonyl (C=O) groups is 2. The van der Waals surface area contributed by atoms with Gasteiger partial charge in [0.25, 0.3) is 0 Å². The van der Waals surface area contributed by atoms with E-state index in [1.54, 1.807) is 12.1 Å². The molecule has 0 bridgehead atoms. The van der Waals surface area contributed by atoms with Crippen LogP contribution in [0.4, 0.5) is 0 Å². The Balaban J connectivity index is 1.95. The molecular weight excluding hydrogens is 278 g/mol. The molecule has 2 rings (SSSR count). The molecular formula is C15H18ClNO3. The maximum Gasteiger partial charge on any atom is 0.307 e. The summed E-state index contributed by atoms with van der Waals surface area (Å²) in [7, 11) is 0. The first-order valence-electron chi connectivity index (χ1n) is 6.83. The molecule has 1 saturated carbocycles. The van der Waals surface area contributed by atoms with Crippen LogP contribution in [-0.4, -0.2) is 17.0 Å². The van der Waals surface area contributed by atoms with Crippen LogP contribution in [0.1, 0.15) is 31.2 Å². The Labute approximate surface area is 123 Å². The molecule has 0 heterocycles. The van der Waals surface area contributed by atoms with Crippen LogP contribution in [0.2, 0.25) is 5.02 Å². The van der Waals surface area contributed by atoms with Gasteiger partial charge in [0, 0.05) is 11.6 Å². The molecule has 0 radical (unpaired) electrons. The topological polar surface area (TPSA) is 66.4 Å². The third-order valence-electron chi connectivity index (χ3n) is 3.78. The van der Waals surface area contributed by atoms with Gasteiger partial charge < -0.3 is 10.4 Å². The standard InChI is InChI=1S/C15H18ClNO3/c16-11-5-3-4-10(8-11)9-17-14(18)12-6-1-2-7-13(12)15(19)20/h3-5,8,12-13H,1-2,6-7,9H2,(H,17,18)(H,19,20)/t12-,13+/m0/s1. The smallest absolute Gasteiger partial charge is 0.307 e. The van der Waals surface area contributed by atoms with E-state index in [1.165, 1.54) is 0 Å². The van der Waals surface area contributed by atoms with Crippen LogP contribution >= 0.6 is 11.6 Å². The van der Waals surface area contributed by atoms with Gasteiger partial charge in [0.2, 0.25) is 5.91 Å². The number of carbonyl (C=O) groups excluding carboxylic acids is 1. The van der Waals surface area contributed by atoms with Crippen LogP contribution in [0.5, 0.6) is 0 Å². The van der Waals surface area contributed by atoms with Crippen molar-refractivity contribution in [3.8, 4) is 0 Å². The summed E-state index contributed by atoms with van der Waals surface area (Å²) in [5, 5.41) is 12.6. The lowest BCUT2D eigenvalue weighted by Crippen LogP contribution is -2.39. The minimum atomic E-state index is -0.868. The third kappa shape index (κ3) is 3.73. The number of nitrogens with one attached hydrogen (secondary N) is 1. The maximum atomic E-state index is 12.2. The Morgan fingerprint density at radius 1 is 1.25 bits per heavy atom. The van der Waals surface area contributed by atoms with Crippen molar-refractivity contribution in [1.82, 2.24) is 5.32 Å². The number of amides is 1. The van der Waals surface area contributed by atoms with Gasteiger partial charge in [-0.25, -0.2) is 0 Å². The van der Waals surface area contributed by atoms with Gasteiger partial charge in [0.1, 0.15) is 0 Å². The lowest BCUT2D eigenvalue weighted by molar-refractivity contribution is -0.148. The summed E-state index contributed by atoms with van der Waals surface area (Å²) in [6.07, 6.45) is 3.04. The summed E-state index contributed by atoms with van der Waals surface area (Å²) >= 11 is 5.88. The number of rotatable bonds is 4. The van der Waals surface area contributed by atoms with Crippen molar-refractivity contribution in [3.05, 3.63) is 34.9 Å². The fraction of sp³-hybridized carbons (Fsp3) is 0.467. The summed E-state index contributed by atoms with van der Waals surface area (Å²) in [4.78, 5) is 23.4. The number of benzene rings is 1. The average molecular weight is 296 g/mol. The van der Waals surface area contributed by atoms with E-state index in [4.69, 9.17) is 11.6 Å². The highest BCUT2D eigenvalue weighted by Crippen LogP contribution is 2.30. The highest BCUT2D eigenvalue weighted by atomic mass is 35.5. The van der Waals surface area contributed by atoms with E-state index in [0.717, 1.165) is 18.4 Å². The Morgan fingerprint density at radius 2 is 1.95 bits per heavy atom. The second-order valence-electron chi connectivity index (χ2n) is 5.18. The molecule has 1 aliphatic rings. The molecule has 0 spiro atoms. The lowest BCUT2D eigenvalue weighted by Gasteiger charge is -2.27. The molecule has 1 aromatic carbocycles. The number of hydrogen-bond donors (Lipinski definition) is 2. The van der Waals surface area contributed by atoms with E-state index in [2.05, 4.69) is 5.32 Å². The van der Waals surface area contributed by atoms with Gasteiger partial charge in [-0.15, -0.1) is 0 Å². The van der Waals surface area contributed by atoms with Gasteiger partial charge in [0.05, 0.1) is 11.8 Å². The molecule has 1 aromatic rings. The summed E-state index contributed by atoms with van der Waals surface area (Å²) in [6.45, 7) is 0.377. The maximum absolute atomic E-state index is 12.2.